The van der Waals surface area contributed by atoms with Gasteiger partial charge in [0.25, 0.3) is 0 Å². The van der Waals surface area contributed by atoms with Gasteiger partial charge in [0.1, 0.15) is 41.3 Å². The van der Waals surface area contributed by atoms with Gasteiger partial charge in [0.15, 0.2) is 11.5 Å². The molecule has 170 valence electrons. The van der Waals surface area contributed by atoms with E-state index in [0.29, 0.717) is 0 Å². The first kappa shape index (κ1) is 21.9. The Kier molecular flexibility index (Phi) is 5.67. The van der Waals surface area contributed by atoms with Crippen LogP contribution in [-0.4, -0.2) is 78.2 Å². The zero-order chi connectivity index (χ0) is 23.2. The van der Waals surface area contributed by atoms with Gasteiger partial charge in [0, 0.05) is 18.2 Å². The molecule has 0 bridgehead atoms. The highest BCUT2D eigenvalue weighted by molar-refractivity contribution is 5.88. The summed E-state index contributed by atoms with van der Waals surface area (Å²) in [5.41, 5.74) is 0.260. The lowest BCUT2D eigenvalue weighted by Crippen LogP contribution is -2.60. The summed E-state index contributed by atoms with van der Waals surface area (Å²) < 4.78 is 16.8. The van der Waals surface area contributed by atoms with Gasteiger partial charge in [0.05, 0.1) is 18.2 Å². The van der Waals surface area contributed by atoms with Crippen molar-refractivity contribution < 1.29 is 54.7 Å². The van der Waals surface area contributed by atoms with Crippen LogP contribution in [0.5, 0.6) is 28.7 Å². The van der Waals surface area contributed by atoms with Crippen molar-refractivity contribution in [1.82, 2.24) is 0 Å². The third-order valence-corrected chi connectivity index (χ3v) is 5.15. The minimum absolute atomic E-state index is 0.0465. The Morgan fingerprint density at radius 3 is 2.28 bits per heavy atom. The third-order valence-electron chi connectivity index (χ3n) is 5.15. The lowest BCUT2D eigenvalue weighted by Gasteiger charge is -2.39. The van der Waals surface area contributed by atoms with E-state index in [1.807, 2.05) is 0 Å². The summed E-state index contributed by atoms with van der Waals surface area (Å²) >= 11 is 0. The highest BCUT2D eigenvalue weighted by Gasteiger charge is 2.45. The van der Waals surface area contributed by atoms with Gasteiger partial charge in [-0.2, -0.15) is 0 Å². The molecule has 2 heterocycles. The Morgan fingerprint density at radius 1 is 0.844 bits per heavy atom. The smallest absolute Gasteiger partial charge is 0.402 e. The van der Waals surface area contributed by atoms with Crippen LogP contribution in [0.4, 0.5) is 0 Å². The number of hydrogen-bond donors (Lipinski definition) is 8. The predicted molar refractivity (Wildman–Crippen MR) is 107 cm³/mol. The molecule has 3 aromatic rings. The van der Waals surface area contributed by atoms with Gasteiger partial charge in [-0.15, -0.1) is 0 Å². The van der Waals surface area contributed by atoms with Gasteiger partial charge in [-0.25, -0.2) is 4.42 Å². The Hall–Kier alpha value is -3.35. The van der Waals surface area contributed by atoms with Crippen molar-refractivity contribution in [3.63, 3.8) is 0 Å². The first-order valence-electron chi connectivity index (χ1n) is 9.52. The molecule has 8 N–H and O–H groups in total. The number of phenols is 4. The second-order valence-corrected chi connectivity index (χ2v) is 7.34. The summed E-state index contributed by atoms with van der Waals surface area (Å²) in [5.74, 6) is -1.64. The van der Waals surface area contributed by atoms with Crippen LogP contribution in [0.25, 0.3) is 22.3 Å². The topological polar surface area (TPSA) is 192 Å². The maximum atomic E-state index is 10.3. The zero-order valence-electron chi connectivity index (χ0n) is 16.4. The predicted octanol–water partition coefficient (Wildman–Crippen LogP) is 0.382. The van der Waals surface area contributed by atoms with Gasteiger partial charge in [-0.05, 0) is 12.1 Å². The molecule has 0 saturated carbocycles. The molecule has 1 saturated heterocycles. The molecule has 0 spiro atoms. The maximum Gasteiger partial charge on any atom is 0.402 e. The third kappa shape index (κ3) is 3.83. The minimum atomic E-state index is -1.71. The molecule has 5 atom stereocenters. The zero-order valence-corrected chi connectivity index (χ0v) is 16.4. The van der Waals surface area contributed by atoms with E-state index in [9.17, 15) is 40.9 Å². The van der Waals surface area contributed by atoms with Crippen LogP contribution in [0, 0.1) is 0 Å². The first-order chi connectivity index (χ1) is 15.2. The first-order valence-corrected chi connectivity index (χ1v) is 9.52. The molecule has 32 heavy (non-hydrogen) atoms. The van der Waals surface area contributed by atoms with Crippen molar-refractivity contribution >= 4 is 11.0 Å². The van der Waals surface area contributed by atoms with E-state index in [2.05, 4.69) is 0 Å². The minimum Gasteiger partial charge on any atom is -0.507 e. The fraction of sp³-hybridized carbons (Fsp3) is 0.286. The Labute approximate surface area is 180 Å². The summed E-state index contributed by atoms with van der Waals surface area (Å²) in [6.45, 7) is -0.661. The van der Waals surface area contributed by atoms with E-state index >= 15 is 0 Å². The summed E-state index contributed by atoms with van der Waals surface area (Å²) in [4.78, 5) is 0. The normalized spacial score (nSPS) is 25.7. The second kappa shape index (κ2) is 8.30. The molecular weight excluding hydrogens is 428 g/mol. The van der Waals surface area contributed by atoms with Crippen LogP contribution in [0.2, 0.25) is 0 Å². The Morgan fingerprint density at radius 2 is 1.59 bits per heavy atom. The van der Waals surface area contributed by atoms with Crippen LogP contribution in [0.1, 0.15) is 0 Å². The van der Waals surface area contributed by atoms with Crippen molar-refractivity contribution in [2.45, 2.75) is 30.7 Å². The molecule has 11 nitrogen and oxygen atoms in total. The van der Waals surface area contributed by atoms with Crippen LogP contribution in [-0.2, 0) is 4.74 Å². The molecule has 1 aliphatic heterocycles. The van der Waals surface area contributed by atoms with E-state index in [0.717, 1.165) is 6.07 Å². The molecule has 0 radical (unpaired) electrons. The van der Waals surface area contributed by atoms with Gasteiger partial charge in [0.2, 0.25) is 12.0 Å². The van der Waals surface area contributed by atoms with E-state index in [-0.39, 0.29) is 45.3 Å². The van der Waals surface area contributed by atoms with Crippen molar-refractivity contribution in [1.29, 1.82) is 0 Å². The van der Waals surface area contributed by atoms with Crippen LogP contribution in [0.3, 0.4) is 0 Å². The molecule has 1 aliphatic rings. The highest BCUT2D eigenvalue weighted by Crippen LogP contribution is 2.42. The van der Waals surface area contributed by atoms with Crippen molar-refractivity contribution in [2.24, 2.45) is 0 Å². The average molecular weight is 449 g/mol. The molecule has 1 aromatic heterocycles. The van der Waals surface area contributed by atoms with Crippen molar-refractivity contribution in [2.75, 3.05) is 6.61 Å². The number of hydrogen-bond acceptors (Lipinski definition) is 10. The average Bonchev–Trinajstić information content (AvgIpc) is 2.76. The molecule has 0 aliphatic carbocycles. The van der Waals surface area contributed by atoms with Crippen LogP contribution >= 0.6 is 0 Å². The fourth-order valence-corrected chi connectivity index (χ4v) is 3.43. The summed E-state index contributed by atoms with van der Waals surface area (Å²) in [6, 6.07) is 7.37. The van der Waals surface area contributed by atoms with Gasteiger partial charge >= 0.3 is 11.3 Å². The monoisotopic (exact) mass is 449 g/mol. The summed E-state index contributed by atoms with van der Waals surface area (Å²) in [6.07, 6.45) is -7.76. The van der Waals surface area contributed by atoms with Gasteiger partial charge < -0.3 is 50.3 Å². The number of aliphatic hydroxyl groups excluding tert-OH is 4. The number of fused-ring (bicyclic) bond motifs is 1. The maximum absolute atomic E-state index is 10.3. The Balaban J connectivity index is 1.84. The van der Waals surface area contributed by atoms with E-state index in [1.165, 1.54) is 30.3 Å². The number of aromatic hydroxyl groups is 4. The summed E-state index contributed by atoms with van der Waals surface area (Å²) in [5, 5.41) is 79.2. The fourth-order valence-electron chi connectivity index (χ4n) is 3.43. The number of aliphatic hydroxyl groups is 4. The molecule has 0 amide bonds. The van der Waals surface area contributed by atoms with Gasteiger partial charge in [-0.1, -0.05) is 0 Å². The molecule has 4 rings (SSSR count). The van der Waals surface area contributed by atoms with Crippen molar-refractivity contribution in [3.05, 3.63) is 36.4 Å². The SMILES string of the molecule is OC[C@@H]1O[C@@H](Oc2cc3c(O)cc(O)cc3[o+]c2-c2ccc(O)c(O)c2)[C@@H](O)[C@H](O)[C@@H]1O. The van der Waals surface area contributed by atoms with Crippen LogP contribution < -0.4 is 4.74 Å². The van der Waals surface area contributed by atoms with Crippen LogP contribution in [0.15, 0.2) is 40.8 Å². The molecule has 11 heteroatoms. The number of ether oxygens (including phenoxy) is 2. The standard InChI is InChI=1S/C21H20O11/c22-7-16-17(27)18(28)19(29)21(32-16)31-15-6-10-12(25)4-9(23)5-14(10)30-20(15)8-1-2-11(24)13(26)3-8/h1-6,16-19,21-22,27-29H,7H2,(H3-,23,24,25,26)/p+1/t16-,17+,18+,19-,21+/m0/s1. The summed E-state index contributed by atoms with van der Waals surface area (Å²) in [7, 11) is 0. The molecule has 2 aromatic carbocycles. The second-order valence-electron chi connectivity index (χ2n) is 7.34. The largest absolute Gasteiger partial charge is 0.507 e. The number of benzene rings is 2. The Bertz CT molecular complexity index is 1150. The van der Waals surface area contributed by atoms with Crippen molar-refractivity contribution in [3.8, 4) is 40.1 Å². The van der Waals surface area contributed by atoms with Gasteiger partial charge in [-0.3, -0.25) is 0 Å². The molecule has 0 unspecified atom stereocenters. The lowest BCUT2D eigenvalue weighted by molar-refractivity contribution is -0.277. The molecular formula is C21H21O11+. The van der Waals surface area contributed by atoms with E-state index in [4.69, 9.17) is 13.9 Å². The quantitative estimate of drug-likeness (QED) is 0.203. The number of rotatable bonds is 4. The van der Waals surface area contributed by atoms with E-state index < -0.39 is 43.1 Å². The lowest BCUT2D eigenvalue weighted by atomic mass is 9.99. The van der Waals surface area contributed by atoms with E-state index in [1.54, 1.807) is 0 Å². The number of phenolic OH excluding ortho intramolecular Hbond substituents is 4. The highest BCUT2D eigenvalue weighted by atomic mass is 16.7. The molecule has 1 fully saturated rings.